The molecule has 1 aromatic heterocycles. The molecule has 0 spiro atoms. The van der Waals surface area contributed by atoms with Crippen LogP contribution in [0.2, 0.25) is 0 Å². The van der Waals surface area contributed by atoms with Crippen molar-refractivity contribution in [1.29, 1.82) is 0 Å². The van der Waals surface area contributed by atoms with E-state index < -0.39 is 0 Å². The van der Waals surface area contributed by atoms with E-state index in [1.165, 1.54) is 0 Å². The number of para-hydroxylation sites is 2. The number of hydrogen-bond donors (Lipinski definition) is 1. The summed E-state index contributed by atoms with van der Waals surface area (Å²) in [5.74, 6) is 2.63. The molecule has 1 aliphatic rings. The van der Waals surface area contributed by atoms with Gasteiger partial charge in [0.1, 0.15) is 6.61 Å². The lowest BCUT2D eigenvalue weighted by molar-refractivity contribution is 0.0832. The van der Waals surface area contributed by atoms with Crippen molar-refractivity contribution in [3.05, 3.63) is 36.0 Å². The number of aryl methyl sites for hydroxylation is 1. The van der Waals surface area contributed by atoms with E-state index in [0.717, 1.165) is 18.6 Å². The minimum absolute atomic E-state index is 0.320. The van der Waals surface area contributed by atoms with Gasteiger partial charge in [-0.1, -0.05) is 17.3 Å². The highest BCUT2D eigenvalue weighted by atomic mass is 16.6. The second-order valence-electron chi connectivity index (χ2n) is 5.14. The van der Waals surface area contributed by atoms with Gasteiger partial charge < -0.3 is 19.3 Å². The molecule has 0 saturated carbocycles. The Kier molecular flexibility index (Phi) is 4.06. The number of fused-ring (bicyclic) bond motifs is 1. The maximum absolute atomic E-state index is 5.86. The van der Waals surface area contributed by atoms with Crippen molar-refractivity contribution in [2.45, 2.75) is 31.9 Å². The number of benzene rings is 1. The summed E-state index contributed by atoms with van der Waals surface area (Å²) in [7, 11) is 1.94. The zero-order valence-electron chi connectivity index (χ0n) is 12.2. The van der Waals surface area contributed by atoms with Crippen LogP contribution in [0, 0.1) is 0 Å². The van der Waals surface area contributed by atoms with Gasteiger partial charge in [-0.25, -0.2) is 0 Å². The molecular weight excluding hydrogens is 270 g/mol. The summed E-state index contributed by atoms with van der Waals surface area (Å²) >= 11 is 0. The molecule has 0 saturated heterocycles. The molecular formula is C15H19N3O3. The van der Waals surface area contributed by atoms with E-state index in [-0.39, 0.29) is 6.10 Å². The molecule has 0 fully saturated rings. The molecule has 1 aromatic carbocycles. The summed E-state index contributed by atoms with van der Waals surface area (Å²) in [6, 6.07) is 7.99. The van der Waals surface area contributed by atoms with Crippen molar-refractivity contribution in [3.63, 3.8) is 0 Å². The molecule has 2 heterocycles. The van der Waals surface area contributed by atoms with Crippen LogP contribution in [0.25, 0.3) is 0 Å². The maximum atomic E-state index is 5.86. The lowest BCUT2D eigenvalue weighted by Crippen LogP contribution is -2.23. The number of aromatic nitrogens is 2. The Balaban J connectivity index is 1.65. The number of rotatable bonds is 5. The van der Waals surface area contributed by atoms with Gasteiger partial charge in [-0.05, 0) is 32.5 Å². The van der Waals surface area contributed by atoms with Gasteiger partial charge >= 0.3 is 0 Å². The Morgan fingerprint density at radius 2 is 2.14 bits per heavy atom. The highest BCUT2D eigenvalue weighted by Gasteiger charge is 2.26. The van der Waals surface area contributed by atoms with Crippen molar-refractivity contribution in [1.82, 2.24) is 15.5 Å². The first-order chi connectivity index (χ1) is 10.3. The molecule has 0 radical (unpaired) electrons. The van der Waals surface area contributed by atoms with Gasteiger partial charge in [-0.15, -0.1) is 0 Å². The first-order valence-corrected chi connectivity index (χ1v) is 7.14. The van der Waals surface area contributed by atoms with Gasteiger partial charge in [0.15, 0.2) is 17.6 Å². The van der Waals surface area contributed by atoms with Gasteiger partial charge in [0.2, 0.25) is 11.7 Å². The van der Waals surface area contributed by atoms with Crippen molar-refractivity contribution >= 4 is 0 Å². The van der Waals surface area contributed by atoms with E-state index in [1.54, 1.807) is 0 Å². The molecule has 2 atom stereocenters. The molecule has 6 heteroatoms. The summed E-state index contributed by atoms with van der Waals surface area (Å²) in [4.78, 5) is 4.40. The van der Waals surface area contributed by atoms with E-state index in [4.69, 9.17) is 14.0 Å². The van der Waals surface area contributed by atoms with Gasteiger partial charge in [-0.3, -0.25) is 0 Å². The summed E-state index contributed by atoms with van der Waals surface area (Å²) < 4.78 is 16.8. The van der Waals surface area contributed by atoms with E-state index in [9.17, 15) is 0 Å². The lowest BCUT2D eigenvalue weighted by Gasteiger charge is -2.24. The van der Waals surface area contributed by atoms with Crippen LogP contribution in [-0.2, 0) is 6.42 Å². The van der Waals surface area contributed by atoms with E-state index in [1.807, 2.05) is 31.3 Å². The molecule has 2 aromatic rings. The van der Waals surface area contributed by atoms with Crippen LogP contribution in [0.15, 0.2) is 28.8 Å². The third kappa shape index (κ3) is 3.16. The monoisotopic (exact) mass is 289 g/mol. The smallest absolute Gasteiger partial charge is 0.226 e. The van der Waals surface area contributed by atoms with E-state index >= 15 is 0 Å². The lowest BCUT2D eigenvalue weighted by atomic mass is 10.2. The van der Waals surface area contributed by atoms with Crippen LogP contribution in [-0.4, -0.2) is 29.8 Å². The van der Waals surface area contributed by atoms with E-state index in [0.29, 0.717) is 30.1 Å². The SMILES string of the molecule is CNC(C)CCc1nc(C2COc3ccccc3O2)no1. The zero-order chi connectivity index (χ0) is 14.7. The zero-order valence-corrected chi connectivity index (χ0v) is 12.2. The third-order valence-corrected chi connectivity index (χ3v) is 3.56. The highest BCUT2D eigenvalue weighted by Crippen LogP contribution is 2.35. The second-order valence-corrected chi connectivity index (χ2v) is 5.14. The first kappa shape index (κ1) is 13.9. The molecule has 6 nitrogen and oxygen atoms in total. The van der Waals surface area contributed by atoms with Crippen molar-refractivity contribution < 1.29 is 14.0 Å². The minimum Gasteiger partial charge on any atom is -0.485 e. The Hall–Kier alpha value is -2.08. The van der Waals surface area contributed by atoms with Crippen molar-refractivity contribution in [3.8, 4) is 11.5 Å². The van der Waals surface area contributed by atoms with Gasteiger partial charge in [-0.2, -0.15) is 4.98 Å². The van der Waals surface area contributed by atoms with Gasteiger partial charge in [0.05, 0.1) is 0 Å². The number of nitrogens with one attached hydrogen (secondary N) is 1. The number of nitrogens with zero attached hydrogens (tertiary/aromatic N) is 2. The van der Waals surface area contributed by atoms with E-state index in [2.05, 4.69) is 22.4 Å². The predicted octanol–water partition coefficient (Wildman–Crippen LogP) is 2.12. The molecule has 0 aliphatic carbocycles. The van der Waals surface area contributed by atoms with Crippen LogP contribution >= 0.6 is 0 Å². The summed E-state index contributed by atoms with van der Waals surface area (Å²) in [5.41, 5.74) is 0. The van der Waals surface area contributed by atoms with Crippen LogP contribution in [0.1, 0.15) is 31.2 Å². The summed E-state index contributed by atoms with van der Waals surface area (Å²) in [5, 5.41) is 7.19. The van der Waals surface area contributed by atoms with Gasteiger partial charge in [0.25, 0.3) is 0 Å². The van der Waals surface area contributed by atoms with Crippen LogP contribution in [0.5, 0.6) is 11.5 Å². The molecule has 112 valence electrons. The number of hydrogen-bond acceptors (Lipinski definition) is 6. The maximum Gasteiger partial charge on any atom is 0.226 e. The van der Waals surface area contributed by atoms with Crippen LogP contribution in [0.3, 0.4) is 0 Å². The fraction of sp³-hybridized carbons (Fsp3) is 0.467. The molecule has 1 aliphatic heterocycles. The predicted molar refractivity (Wildman–Crippen MR) is 76.4 cm³/mol. The van der Waals surface area contributed by atoms with Crippen molar-refractivity contribution in [2.75, 3.05) is 13.7 Å². The largest absolute Gasteiger partial charge is 0.485 e. The average Bonchev–Trinajstić information content (AvgIpc) is 3.01. The molecule has 1 N–H and O–H groups in total. The normalized spacial score (nSPS) is 18.5. The molecule has 3 rings (SSSR count). The van der Waals surface area contributed by atoms with Crippen LogP contribution in [0.4, 0.5) is 0 Å². The fourth-order valence-corrected chi connectivity index (χ4v) is 2.13. The minimum atomic E-state index is -0.320. The molecule has 0 amide bonds. The number of ether oxygens (including phenoxy) is 2. The highest BCUT2D eigenvalue weighted by molar-refractivity contribution is 5.40. The Labute approximate surface area is 123 Å². The molecule has 0 bridgehead atoms. The first-order valence-electron chi connectivity index (χ1n) is 7.14. The molecule has 2 unspecified atom stereocenters. The Morgan fingerprint density at radius 1 is 1.33 bits per heavy atom. The standard InChI is InChI=1S/C15H19N3O3/c1-10(16-2)7-8-14-17-15(18-21-14)13-9-19-11-5-3-4-6-12(11)20-13/h3-6,10,13,16H,7-9H2,1-2H3. The third-order valence-electron chi connectivity index (χ3n) is 3.56. The Morgan fingerprint density at radius 3 is 2.95 bits per heavy atom. The second kappa shape index (κ2) is 6.13. The van der Waals surface area contributed by atoms with Gasteiger partial charge in [0, 0.05) is 12.5 Å². The topological polar surface area (TPSA) is 69.4 Å². The summed E-state index contributed by atoms with van der Waals surface area (Å²) in [6.45, 7) is 2.51. The van der Waals surface area contributed by atoms with Crippen molar-refractivity contribution in [2.24, 2.45) is 0 Å². The average molecular weight is 289 g/mol. The fourth-order valence-electron chi connectivity index (χ4n) is 2.13. The molecule has 21 heavy (non-hydrogen) atoms. The Bertz CT molecular complexity index is 599. The summed E-state index contributed by atoms with van der Waals surface area (Å²) in [6.07, 6.45) is 1.38. The van der Waals surface area contributed by atoms with Crippen LogP contribution < -0.4 is 14.8 Å². The quantitative estimate of drug-likeness (QED) is 0.909.